The van der Waals surface area contributed by atoms with E-state index in [-0.39, 0.29) is 6.04 Å². The molecular formula is C12H16N4O2. The van der Waals surface area contributed by atoms with E-state index in [1.165, 1.54) is 6.42 Å². The first kappa shape index (κ1) is 11.4. The maximum atomic E-state index is 11.1. The van der Waals surface area contributed by atoms with Crippen LogP contribution in [0.5, 0.6) is 0 Å². The van der Waals surface area contributed by atoms with E-state index in [0.29, 0.717) is 11.2 Å². The van der Waals surface area contributed by atoms with Gasteiger partial charge in [0, 0.05) is 12.7 Å². The monoisotopic (exact) mass is 248 g/mol. The summed E-state index contributed by atoms with van der Waals surface area (Å²) in [4.78, 5) is 17.8. The largest absolute Gasteiger partial charge is 0.418 e. The Morgan fingerprint density at radius 1 is 1.44 bits per heavy atom. The predicted octanol–water partition coefficient (Wildman–Crippen LogP) is 1.31. The number of nitrogens with one attached hydrogen (secondary N) is 1. The van der Waals surface area contributed by atoms with Gasteiger partial charge in [-0.2, -0.15) is 0 Å². The first-order valence-corrected chi connectivity index (χ1v) is 6.24. The molecule has 1 unspecified atom stereocenters. The second kappa shape index (κ2) is 4.55. The van der Waals surface area contributed by atoms with Crippen LogP contribution in [0.4, 0.5) is 0 Å². The van der Waals surface area contributed by atoms with Gasteiger partial charge in [-0.3, -0.25) is 10.8 Å². The lowest BCUT2D eigenvalue weighted by Gasteiger charge is -2.24. The van der Waals surface area contributed by atoms with Crippen LogP contribution in [0, 0.1) is 0 Å². The van der Waals surface area contributed by atoms with Gasteiger partial charge in [0.1, 0.15) is 0 Å². The van der Waals surface area contributed by atoms with Crippen LogP contribution in [0.25, 0.3) is 11.2 Å². The van der Waals surface area contributed by atoms with Crippen LogP contribution in [-0.4, -0.2) is 21.5 Å². The van der Waals surface area contributed by atoms with Gasteiger partial charge in [-0.25, -0.2) is 14.8 Å². The minimum absolute atomic E-state index is 0.157. The van der Waals surface area contributed by atoms with E-state index in [1.54, 1.807) is 6.20 Å². The first-order chi connectivity index (χ1) is 8.74. The third kappa shape index (κ3) is 2.04. The van der Waals surface area contributed by atoms with E-state index >= 15 is 0 Å². The number of aromatic nitrogens is 2. The van der Waals surface area contributed by atoms with Crippen molar-refractivity contribution in [2.45, 2.75) is 31.7 Å². The molecule has 1 saturated heterocycles. The molecule has 0 spiro atoms. The molecule has 0 amide bonds. The number of nitrogens with zero attached hydrogens (tertiary/aromatic N) is 2. The van der Waals surface area contributed by atoms with Gasteiger partial charge in [0.15, 0.2) is 11.2 Å². The van der Waals surface area contributed by atoms with Gasteiger partial charge in [0.25, 0.3) is 0 Å². The molecule has 2 aromatic rings. The molecule has 2 aromatic heterocycles. The van der Waals surface area contributed by atoms with Gasteiger partial charge in [-0.1, -0.05) is 12.8 Å². The Morgan fingerprint density at radius 3 is 3.22 bits per heavy atom. The molecule has 3 N–H and O–H groups in total. The van der Waals surface area contributed by atoms with E-state index in [2.05, 4.69) is 9.97 Å². The quantitative estimate of drug-likeness (QED) is 0.743. The lowest BCUT2D eigenvalue weighted by Crippen LogP contribution is -2.34. The smallest absolute Gasteiger partial charge is 0.406 e. The van der Waals surface area contributed by atoms with E-state index in [1.807, 2.05) is 11.1 Å². The summed E-state index contributed by atoms with van der Waals surface area (Å²) in [5.74, 6) is 5.59. The highest BCUT2D eigenvalue weighted by molar-refractivity contribution is 5.67. The van der Waals surface area contributed by atoms with Crippen molar-refractivity contribution in [2.24, 2.45) is 5.84 Å². The molecule has 96 valence electrons. The van der Waals surface area contributed by atoms with E-state index in [9.17, 15) is 4.79 Å². The second-order valence-corrected chi connectivity index (χ2v) is 4.73. The molecule has 0 aliphatic carbocycles. The fourth-order valence-electron chi connectivity index (χ4n) is 2.52. The Hall–Kier alpha value is -1.66. The topological polar surface area (TPSA) is 88.1 Å². The molecule has 1 atom stereocenters. The zero-order chi connectivity index (χ0) is 12.5. The van der Waals surface area contributed by atoms with Gasteiger partial charge in [0.05, 0.1) is 6.04 Å². The lowest BCUT2D eigenvalue weighted by atomic mass is 10.0. The van der Waals surface area contributed by atoms with Crippen LogP contribution >= 0.6 is 0 Å². The molecule has 3 heterocycles. The Labute approximate surface area is 104 Å². The highest BCUT2D eigenvalue weighted by Crippen LogP contribution is 2.28. The third-order valence-corrected chi connectivity index (χ3v) is 3.48. The van der Waals surface area contributed by atoms with Gasteiger partial charge in [-0.15, -0.1) is 0 Å². The molecule has 6 nitrogen and oxygen atoms in total. The van der Waals surface area contributed by atoms with Gasteiger partial charge >= 0.3 is 5.76 Å². The van der Waals surface area contributed by atoms with Crippen LogP contribution in [0.15, 0.2) is 21.5 Å². The van der Waals surface area contributed by atoms with Crippen LogP contribution in [0.1, 0.15) is 37.3 Å². The number of H-pyrrole nitrogens is 1. The maximum Gasteiger partial charge on any atom is 0.418 e. The minimum atomic E-state index is -0.472. The number of hydrazine groups is 1. The predicted molar refractivity (Wildman–Crippen MR) is 66.7 cm³/mol. The van der Waals surface area contributed by atoms with Crippen molar-refractivity contribution in [1.82, 2.24) is 15.0 Å². The number of pyridine rings is 1. The maximum absolute atomic E-state index is 11.1. The van der Waals surface area contributed by atoms with Gasteiger partial charge < -0.3 is 4.42 Å². The van der Waals surface area contributed by atoms with Crippen LogP contribution < -0.4 is 11.6 Å². The number of fused-ring (bicyclic) bond motifs is 1. The summed E-state index contributed by atoms with van der Waals surface area (Å²) in [6.07, 6.45) is 6.27. The number of hydrogen-bond donors (Lipinski definition) is 2. The SMILES string of the molecule is NN1CCCCCC1c1cnc2[nH]c(=O)oc2c1. The Balaban J connectivity index is 1.99. The molecule has 1 aliphatic heterocycles. The fraction of sp³-hybridized carbons (Fsp3) is 0.500. The van der Waals surface area contributed by atoms with Crippen molar-refractivity contribution in [3.63, 3.8) is 0 Å². The highest BCUT2D eigenvalue weighted by atomic mass is 16.4. The van der Waals surface area contributed by atoms with Crippen molar-refractivity contribution >= 4 is 11.2 Å². The van der Waals surface area contributed by atoms with E-state index in [4.69, 9.17) is 10.3 Å². The summed E-state index contributed by atoms with van der Waals surface area (Å²) in [7, 11) is 0. The van der Waals surface area contributed by atoms with Crippen molar-refractivity contribution in [3.8, 4) is 0 Å². The molecule has 3 rings (SSSR count). The number of aromatic amines is 1. The fourth-order valence-corrected chi connectivity index (χ4v) is 2.52. The Morgan fingerprint density at radius 2 is 2.33 bits per heavy atom. The van der Waals surface area contributed by atoms with Crippen LogP contribution in [0.3, 0.4) is 0 Å². The third-order valence-electron chi connectivity index (χ3n) is 3.48. The summed E-state index contributed by atoms with van der Waals surface area (Å²) < 4.78 is 5.03. The number of nitrogens with two attached hydrogens (primary N) is 1. The van der Waals surface area contributed by atoms with Crippen molar-refractivity contribution in [3.05, 3.63) is 28.4 Å². The summed E-state index contributed by atoms with van der Waals surface area (Å²) in [6.45, 7) is 0.889. The van der Waals surface area contributed by atoms with Crippen LogP contribution in [0.2, 0.25) is 0 Å². The minimum Gasteiger partial charge on any atom is -0.406 e. The molecule has 0 aromatic carbocycles. The summed E-state index contributed by atoms with van der Waals surface area (Å²) >= 11 is 0. The molecular weight excluding hydrogens is 232 g/mol. The number of hydrogen-bond acceptors (Lipinski definition) is 5. The molecule has 0 bridgehead atoms. The Kier molecular flexibility index (Phi) is 2.89. The van der Waals surface area contributed by atoms with Crippen LogP contribution in [-0.2, 0) is 0 Å². The first-order valence-electron chi connectivity index (χ1n) is 6.24. The summed E-state index contributed by atoms with van der Waals surface area (Å²) in [5.41, 5.74) is 1.99. The zero-order valence-corrected chi connectivity index (χ0v) is 10.1. The van der Waals surface area contributed by atoms with Crippen molar-refractivity contribution < 1.29 is 4.42 Å². The summed E-state index contributed by atoms with van der Waals surface area (Å²) in [6, 6.07) is 2.01. The van der Waals surface area contributed by atoms with Gasteiger partial charge in [-0.05, 0) is 24.5 Å². The standard InChI is InChI=1S/C12H16N4O2/c13-16-5-3-1-2-4-9(16)8-6-10-11(14-7-8)15-12(17)18-10/h6-7,9H,1-5,13H2,(H,14,15,17). The number of rotatable bonds is 1. The molecule has 0 saturated carbocycles. The average molecular weight is 248 g/mol. The number of oxazole rings is 1. The average Bonchev–Trinajstić information content (AvgIpc) is 2.58. The summed E-state index contributed by atoms with van der Waals surface area (Å²) in [5, 5.41) is 1.86. The van der Waals surface area contributed by atoms with Crippen molar-refractivity contribution in [1.29, 1.82) is 0 Å². The normalized spacial score (nSPS) is 22.2. The molecule has 18 heavy (non-hydrogen) atoms. The molecule has 0 radical (unpaired) electrons. The van der Waals surface area contributed by atoms with E-state index < -0.39 is 5.76 Å². The van der Waals surface area contributed by atoms with E-state index in [0.717, 1.165) is 31.4 Å². The second-order valence-electron chi connectivity index (χ2n) is 4.73. The molecule has 1 fully saturated rings. The lowest BCUT2D eigenvalue weighted by molar-refractivity contribution is 0.206. The molecule has 1 aliphatic rings. The molecule has 6 heteroatoms. The Bertz CT molecular complexity index is 603. The van der Waals surface area contributed by atoms with Gasteiger partial charge in [0.2, 0.25) is 0 Å². The zero-order valence-electron chi connectivity index (χ0n) is 10.1. The highest BCUT2D eigenvalue weighted by Gasteiger charge is 2.21. The van der Waals surface area contributed by atoms with Crippen molar-refractivity contribution in [2.75, 3.05) is 6.54 Å².